The molecule has 2 aromatic rings. The number of phenolic OH excluding ortho intramolecular Hbond substituents is 1. The highest BCUT2D eigenvalue weighted by Gasteiger charge is 2.07. The van der Waals surface area contributed by atoms with Gasteiger partial charge in [-0.05, 0) is 32.0 Å². The molecule has 0 fully saturated rings. The molecule has 0 aliphatic heterocycles. The van der Waals surface area contributed by atoms with E-state index >= 15 is 0 Å². The van der Waals surface area contributed by atoms with Gasteiger partial charge in [0.2, 0.25) is 0 Å². The molecule has 0 amide bonds. The second-order valence-corrected chi connectivity index (χ2v) is 4.25. The minimum atomic E-state index is 0.190. The standard InChI is InChI=1S/C14H18N2O2/c1-10-7-8-11(2)16(10)15-9-12-5-4-6-13(18-3)14(12)17/h4-8,15,17H,9H2,1-3H3. The molecular weight excluding hydrogens is 228 g/mol. The molecule has 4 heteroatoms. The number of para-hydroxylation sites is 1. The topological polar surface area (TPSA) is 46.4 Å². The Hall–Kier alpha value is -2.10. The normalized spacial score (nSPS) is 10.4. The smallest absolute Gasteiger partial charge is 0.162 e. The predicted molar refractivity (Wildman–Crippen MR) is 71.6 cm³/mol. The van der Waals surface area contributed by atoms with Gasteiger partial charge in [0.25, 0.3) is 0 Å². The van der Waals surface area contributed by atoms with Crippen LogP contribution in [0, 0.1) is 13.8 Å². The number of hydrogen-bond acceptors (Lipinski definition) is 3. The quantitative estimate of drug-likeness (QED) is 0.871. The molecule has 18 heavy (non-hydrogen) atoms. The lowest BCUT2D eigenvalue weighted by Gasteiger charge is -2.14. The summed E-state index contributed by atoms with van der Waals surface area (Å²) in [6.45, 7) is 4.61. The van der Waals surface area contributed by atoms with E-state index < -0.39 is 0 Å². The minimum Gasteiger partial charge on any atom is -0.504 e. The number of methoxy groups -OCH3 is 1. The molecule has 0 radical (unpaired) electrons. The predicted octanol–water partition coefficient (Wildman–Crippen LogP) is 2.56. The van der Waals surface area contributed by atoms with Crippen LogP contribution < -0.4 is 10.2 Å². The van der Waals surface area contributed by atoms with E-state index in [0.717, 1.165) is 17.0 Å². The molecular formula is C14H18N2O2. The average Bonchev–Trinajstić information content (AvgIpc) is 2.68. The SMILES string of the molecule is COc1cccc(CNn2c(C)ccc2C)c1O. The van der Waals surface area contributed by atoms with Gasteiger partial charge in [-0.25, -0.2) is 0 Å². The first-order chi connectivity index (χ1) is 8.63. The number of rotatable bonds is 4. The fourth-order valence-corrected chi connectivity index (χ4v) is 1.96. The number of hydrogen-bond donors (Lipinski definition) is 2. The Labute approximate surface area is 107 Å². The van der Waals surface area contributed by atoms with Gasteiger partial charge < -0.3 is 15.3 Å². The highest BCUT2D eigenvalue weighted by Crippen LogP contribution is 2.29. The third kappa shape index (κ3) is 2.27. The van der Waals surface area contributed by atoms with Crippen molar-refractivity contribution in [1.82, 2.24) is 4.68 Å². The van der Waals surface area contributed by atoms with Gasteiger partial charge in [0, 0.05) is 17.0 Å². The summed E-state index contributed by atoms with van der Waals surface area (Å²) in [6.07, 6.45) is 0. The van der Waals surface area contributed by atoms with Crippen molar-refractivity contribution in [1.29, 1.82) is 0 Å². The molecule has 96 valence electrons. The Bertz CT molecular complexity index is 527. The molecule has 1 aromatic heterocycles. The molecule has 0 unspecified atom stereocenters. The molecule has 0 saturated carbocycles. The highest BCUT2D eigenvalue weighted by molar-refractivity contribution is 5.45. The van der Waals surface area contributed by atoms with E-state index in [4.69, 9.17) is 4.74 Å². The van der Waals surface area contributed by atoms with E-state index in [1.165, 1.54) is 0 Å². The number of ether oxygens (including phenoxy) is 1. The van der Waals surface area contributed by atoms with Gasteiger partial charge in [0.1, 0.15) is 0 Å². The summed E-state index contributed by atoms with van der Waals surface area (Å²) < 4.78 is 7.08. The van der Waals surface area contributed by atoms with Gasteiger partial charge in [-0.2, -0.15) is 0 Å². The largest absolute Gasteiger partial charge is 0.504 e. The number of nitrogens with one attached hydrogen (secondary N) is 1. The lowest BCUT2D eigenvalue weighted by Crippen LogP contribution is -2.16. The van der Waals surface area contributed by atoms with Crippen LogP contribution in [0.1, 0.15) is 17.0 Å². The van der Waals surface area contributed by atoms with Gasteiger partial charge in [0.15, 0.2) is 11.5 Å². The lowest BCUT2D eigenvalue weighted by molar-refractivity contribution is 0.370. The Kier molecular flexibility index (Phi) is 3.46. The van der Waals surface area contributed by atoms with E-state index in [1.54, 1.807) is 13.2 Å². The molecule has 0 atom stereocenters. The Balaban J connectivity index is 2.16. The van der Waals surface area contributed by atoms with E-state index in [1.807, 2.05) is 42.8 Å². The Morgan fingerprint density at radius 1 is 1.17 bits per heavy atom. The maximum atomic E-state index is 9.98. The summed E-state index contributed by atoms with van der Waals surface area (Å²) in [6, 6.07) is 9.58. The van der Waals surface area contributed by atoms with Crippen LogP contribution in [0.15, 0.2) is 30.3 Å². The van der Waals surface area contributed by atoms with Crippen LogP contribution in [0.2, 0.25) is 0 Å². The number of aromatic hydroxyl groups is 1. The summed E-state index contributed by atoms with van der Waals surface area (Å²) in [4.78, 5) is 0. The summed E-state index contributed by atoms with van der Waals surface area (Å²) >= 11 is 0. The van der Waals surface area contributed by atoms with Crippen molar-refractivity contribution in [3.63, 3.8) is 0 Å². The fraction of sp³-hybridized carbons (Fsp3) is 0.286. The number of aryl methyl sites for hydroxylation is 2. The number of benzene rings is 1. The minimum absolute atomic E-state index is 0.190. The molecule has 4 nitrogen and oxygen atoms in total. The zero-order valence-corrected chi connectivity index (χ0v) is 10.9. The second-order valence-electron chi connectivity index (χ2n) is 4.25. The Morgan fingerprint density at radius 3 is 2.44 bits per heavy atom. The molecule has 0 saturated heterocycles. The van der Waals surface area contributed by atoms with Crippen LogP contribution in [-0.4, -0.2) is 16.9 Å². The molecule has 0 aliphatic carbocycles. The Morgan fingerprint density at radius 2 is 1.83 bits per heavy atom. The van der Waals surface area contributed by atoms with E-state index in [-0.39, 0.29) is 5.75 Å². The molecule has 2 N–H and O–H groups in total. The van der Waals surface area contributed by atoms with Crippen molar-refractivity contribution in [3.05, 3.63) is 47.3 Å². The van der Waals surface area contributed by atoms with Crippen molar-refractivity contribution in [2.75, 3.05) is 12.5 Å². The third-order valence-electron chi connectivity index (χ3n) is 3.00. The van der Waals surface area contributed by atoms with Gasteiger partial charge in [-0.15, -0.1) is 0 Å². The van der Waals surface area contributed by atoms with Crippen molar-refractivity contribution >= 4 is 0 Å². The van der Waals surface area contributed by atoms with E-state index in [2.05, 4.69) is 5.43 Å². The fourth-order valence-electron chi connectivity index (χ4n) is 1.96. The zero-order valence-electron chi connectivity index (χ0n) is 10.9. The molecule has 1 heterocycles. The summed E-state index contributed by atoms with van der Waals surface area (Å²) in [7, 11) is 1.55. The van der Waals surface area contributed by atoms with Crippen molar-refractivity contribution in [2.45, 2.75) is 20.4 Å². The summed E-state index contributed by atoms with van der Waals surface area (Å²) in [5.41, 5.74) is 6.35. The van der Waals surface area contributed by atoms with Crippen molar-refractivity contribution < 1.29 is 9.84 Å². The third-order valence-corrected chi connectivity index (χ3v) is 3.00. The number of aromatic nitrogens is 1. The average molecular weight is 246 g/mol. The molecule has 2 rings (SSSR count). The second kappa shape index (κ2) is 5.04. The van der Waals surface area contributed by atoms with Crippen LogP contribution in [0.25, 0.3) is 0 Å². The molecule has 1 aromatic carbocycles. The summed E-state index contributed by atoms with van der Waals surface area (Å²) in [5, 5.41) is 9.98. The maximum Gasteiger partial charge on any atom is 0.162 e. The van der Waals surface area contributed by atoms with Crippen LogP contribution in [0.4, 0.5) is 0 Å². The first kappa shape index (κ1) is 12.4. The van der Waals surface area contributed by atoms with Crippen LogP contribution in [-0.2, 0) is 6.54 Å². The lowest BCUT2D eigenvalue weighted by atomic mass is 10.2. The van der Waals surface area contributed by atoms with Gasteiger partial charge in [-0.1, -0.05) is 12.1 Å². The number of phenols is 1. The molecule has 0 spiro atoms. The molecule has 0 bridgehead atoms. The van der Waals surface area contributed by atoms with Crippen LogP contribution in [0.5, 0.6) is 11.5 Å². The van der Waals surface area contributed by atoms with Gasteiger partial charge in [0.05, 0.1) is 13.7 Å². The van der Waals surface area contributed by atoms with Gasteiger partial charge >= 0.3 is 0 Å². The van der Waals surface area contributed by atoms with Gasteiger partial charge in [-0.3, -0.25) is 4.68 Å². The first-order valence-corrected chi connectivity index (χ1v) is 5.87. The number of nitrogens with zero attached hydrogens (tertiary/aromatic N) is 1. The highest BCUT2D eigenvalue weighted by atomic mass is 16.5. The first-order valence-electron chi connectivity index (χ1n) is 5.87. The summed E-state index contributed by atoms with van der Waals surface area (Å²) in [5.74, 6) is 0.685. The van der Waals surface area contributed by atoms with Crippen molar-refractivity contribution in [3.8, 4) is 11.5 Å². The monoisotopic (exact) mass is 246 g/mol. The van der Waals surface area contributed by atoms with E-state index in [0.29, 0.717) is 12.3 Å². The molecule has 0 aliphatic rings. The maximum absolute atomic E-state index is 9.98. The zero-order chi connectivity index (χ0) is 13.1. The van der Waals surface area contributed by atoms with Crippen LogP contribution >= 0.6 is 0 Å². The van der Waals surface area contributed by atoms with Crippen molar-refractivity contribution in [2.24, 2.45) is 0 Å². The van der Waals surface area contributed by atoms with E-state index in [9.17, 15) is 5.11 Å². The van der Waals surface area contributed by atoms with Crippen LogP contribution in [0.3, 0.4) is 0 Å².